The number of amides is 3. The first-order valence-corrected chi connectivity index (χ1v) is 10.5. The molecule has 1 fully saturated rings. The average Bonchev–Trinajstić information content (AvgIpc) is 3.21. The minimum Gasteiger partial charge on any atom is -0.480 e. The van der Waals surface area contributed by atoms with Gasteiger partial charge in [0.25, 0.3) is 0 Å². The Hall–Kier alpha value is -2.94. The molecule has 1 aliphatic rings. The molecule has 0 radical (unpaired) electrons. The van der Waals surface area contributed by atoms with Crippen molar-refractivity contribution in [3.63, 3.8) is 0 Å². The number of carbonyl (C=O) groups excluding carboxylic acids is 3. The Kier molecular flexibility index (Phi) is 8.56. The number of likely N-dealkylation sites (tertiary alicyclic amines) is 1. The molecule has 31 heavy (non-hydrogen) atoms. The number of rotatable bonds is 9. The molecule has 0 bridgehead atoms. The summed E-state index contributed by atoms with van der Waals surface area (Å²) in [5.41, 5.74) is 6.39. The molecule has 170 valence electrons. The zero-order valence-corrected chi connectivity index (χ0v) is 18.2. The van der Waals surface area contributed by atoms with Crippen molar-refractivity contribution < 1.29 is 24.3 Å². The van der Waals surface area contributed by atoms with E-state index in [1.165, 1.54) is 11.8 Å². The molecule has 1 aliphatic heterocycles. The SMILES string of the molecule is CC(C)[C@H](NC(=O)[C@H](C)N)C(=O)N1CCC[C@H]1C(=O)N[C@@H](Cc1ccccc1)C(=O)O. The molecule has 0 saturated carbocycles. The van der Waals surface area contributed by atoms with Crippen LogP contribution in [-0.2, 0) is 25.6 Å². The number of nitrogens with zero attached hydrogens (tertiary/aromatic N) is 1. The van der Waals surface area contributed by atoms with Crippen molar-refractivity contribution in [1.29, 1.82) is 0 Å². The van der Waals surface area contributed by atoms with Crippen molar-refractivity contribution in [2.75, 3.05) is 6.54 Å². The second-order valence-corrected chi connectivity index (χ2v) is 8.30. The number of carboxylic acids is 1. The van der Waals surface area contributed by atoms with Crippen LogP contribution in [0.2, 0.25) is 0 Å². The topological polar surface area (TPSA) is 142 Å². The van der Waals surface area contributed by atoms with E-state index in [9.17, 15) is 24.3 Å². The lowest BCUT2D eigenvalue weighted by Crippen LogP contribution is -2.58. The smallest absolute Gasteiger partial charge is 0.326 e. The summed E-state index contributed by atoms with van der Waals surface area (Å²) in [4.78, 5) is 51.2. The van der Waals surface area contributed by atoms with Gasteiger partial charge in [-0.3, -0.25) is 14.4 Å². The molecule has 2 rings (SSSR count). The predicted molar refractivity (Wildman–Crippen MR) is 115 cm³/mol. The summed E-state index contributed by atoms with van der Waals surface area (Å²) in [7, 11) is 0. The third-order valence-corrected chi connectivity index (χ3v) is 5.38. The largest absolute Gasteiger partial charge is 0.480 e. The Morgan fingerprint density at radius 1 is 1.13 bits per heavy atom. The second-order valence-electron chi connectivity index (χ2n) is 8.30. The number of hydrogen-bond donors (Lipinski definition) is 4. The summed E-state index contributed by atoms with van der Waals surface area (Å²) in [5.74, 6) is -2.66. The quantitative estimate of drug-likeness (QED) is 0.441. The molecule has 0 aromatic heterocycles. The predicted octanol–water partition coefficient (Wildman–Crippen LogP) is 0.278. The van der Waals surface area contributed by atoms with Gasteiger partial charge in [-0.15, -0.1) is 0 Å². The van der Waals surface area contributed by atoms with Crippen LogP contribution in [-0.4, -0.2) is 64.4 Å². The van der Waals surface area contributed by atoms with Gasteiger partial charge in [-0.25, -0.2) is 4.79 Å². The monoisotopic (exact) mass is 432 g/mol. The zero-order valence-electron chi connectivity index (χ0n) is 18.2. The minimum atomic E-state index is -1.14. The molecule has 4 atom stereocenters. The third-order valence-electron chi connectivity index (χ3n) is 5.38. The van der Waals surface area contributed by atoms with Crippen LogP contribution >= 0.6 is 0 Å². The normalized spacial score (nSPS) is 18.9. The van der Waals surface area contributed by atoms with Crippen LogP contribution < -0.4 is 16.4 Å². The van der Waals surface area contributed by atoms with E-state index in [-0.39, 0.29) is 18.2 Å². The molecule has 5 N–H and O–H groups in total. The molecule has 9 nitrogen and oxygen atoms in total. The molecule has 0 spiro atoms. The lowest BCUT2D eigenvalue weighted by atomic mass is 10.0. The first-order valence-electron chi connectivity index (χ1n) is 10.5. The van der Waals surface area contributed by atoms with E-state index in [4.69, 9.17) is 5.73 Å². The van der Waals surface area contributed by atoms with Crippen LogP contribution in [0, 0.1) is 5.92 Å². The van der Waals surface area contributed by atoms with Gasteiger partial charge in [0.1, 0.15) is 18.1 Å². The highest BCUT2D eigenvalue weighted by atomic mass is 16.4. The fourth-order valence-corrected chi connectivity index (χ4v) is 3.60. The van der Waals surface area contributed by atoms with Crippen LogP contribution in [0.1, 0.15) is 39.2 Å². The van der Waals surface area contributed by atoms with Gasteiger partial charge in [-0.2, -0.15) is 0 Å². The first kappa shape index (κ1) is 24.3. The summed E-state index contributed by atoms with van der Waals surface area (Å²) in [6.45, 7) is 5.50. The van der Waals surface area contributed by atoms with Gasteiger partial charge < -0.3 is 26.4 Å². The molecular formula is C22H32N4O5. The summed E-state index contributed by atoms with van der Waals surface area (Å²) in [5, 5.41) is 14.8. The van der Waals surface area contributed by atoms with E-state index in [1.54, 1.807) is 38.1 Å². The average molecular weight is 433 g/mol. The van der Waals surface area contributed by atoms with E-state index in [0.29, 0.717) is 19.4 Å². The van der Waals surface area contributed by atoms with Crippen LogP contribution in [0.4, 0.5) is 0 Å². The highest BCUT2D eigenvalue weighted by Gasteiger charge is 2.39. The Bertz CT molecular complexity index is 796. The first-order chi connectivity index (χ1) is 14.6. The summed E-state index contributed by atoms with van der Waals surface area (Å²) < 4.78 is 0. The molecular weight excluding hydrogens is 400 g/mol. The van der Waals surface area contributed by atoms with Gasteiger partial charge in [-0.1, -0.05) is 44.2 Å². The fourth-order valence-electron chi connectivity index (χ4n) is 3.60. The summed E-state index contributed by atoms with van der Waals surface area (Å²) >= 11 is 0. The molecule has 9 heteroatoms. The van der Waals surface area contributed by atoms with Gasteiger partial charge in [0, 0.05) is 13.0 Å². The highest BCUT2D eigenvalue weighted by molar-refractivity contribution is 5.94. The van der Waals surface area contributed by atoms with Gasteiger partial charge >= 0.3 is 5.97 Å². The molecule has 1 saturated heterocycles. The van der Waals surface area contributed by atoms with E-state index >= 15 is 0 Å². The number of nitrogens with two attached hydrogens (primary N) is 1. The lowest BCUT2D eigenvalue weighted by Gasteiger charge is -2.31. The van der Waals surface area contributed by atoms with E-state index in [1.807, 2.05) is 6.07 Å². The number of nitrogens with one attached hydrogen (secondary N) is 2. The van der Waals surface area contributed by atoms with E-state index in [2.05, 4.69) is 10.6 Å². The number of benzene rings is 1. The van der Waals surface area contributed by atoms with Crippen molar-refractivity contribution in [3.8, 4) is 0 Å². The zero-order chi connectivity index (χ0) is 23.1. The molecule has 0 aliphatic carbocycles. The van der Waals surface area contributed by atoms with Gasteiger partial charge in [0.15, 0.2) is 0 Å². The minimum absolute atomic E-state index is 0.141. The van der Waals surface area contributed by atoms with Crippen molar-refractivity contribution in [2.45, 2.75) is 64.2 Å². The molecule has 1 aromatic rings. The van der Waals surface area contributed by atoms with Crippen molar-refractivity contribution in [2.24, 2.45) is 11.7 Å². The van der Waals surface area contributed by atoms with Gasteiger partial charge in [0.2, 0.25) is 17.7 Å². The van der Waals surface area contributed by atoms with Crippen molar-refractivity contribution >= 4 is 23.7 Å². The van der Waals surface area contributed by atoms with E-state index < -0.39 is 42.0 Å². The van der Waals surface area contributed by atoms with Crippen LogP contribution in [0.3, 0.4) is 0 Å². The van der Waals surface area contributed by atoms with Gasteiger partial charge in [-0.05, 0) is 31.2 Å². The molecule has 0 unspecified atom stereocenters. The second kappa shape index (κ2) is 10.9. The van der Waals surface area contributed by atoms with Crippen molar-refractivity contribution in [1.82, 2.24) is 15.5 Å². The Morgan fingerprint density at radius 3 is 2.32 bits per heavy atom. The Labute approximate surface area is 182 Å². The van der Waals surface area contributed by atoms with Crippen LogP contribution in [0.5, 0.6) is 0 Å². The number of carbonyl (C=O) groups is 4. The molecule has 1 aromatic carbocycles. The maximum absolute atomic E-state index is 13.1. The third kappa shape index (κ3) is 6.52. The maximum atomic E-state index is 13.1. The maximum Gasteiger partial charge on any atom is 0.326 e. The summed E-state index contributed by atoms with van der Waals surface area (Å²) in [6, 6.07) is 5.56. The van der Waals surface area contributed by atoms with E-state index in [0.717, 1.165) is 5.56 Å². The summed E-state index contributed by atoms with van der Waals surface area (Å²) in [6.07, 6.45) is 1.19. The number of carboxylic acid groups (broad SMARTS) is 1. The molecule has 1 heterocycles. The van der Waals surface area contributed by atoms with Crippen molar-refractivity contribution in [3.05, 3.63) is 35.9 Å². The number of aliphatic carboxylic acids is 1. The van der Waals surface area contributed by atoms with Crippen LogP contribution in [0.25, 0.3) is 0 Å². The Morgan fingerprint density at radius 2 is 1.77 bits per heavy atom. The lowest BCUT2D eigenvalue weighted by molar-refractivity contribution is -0.145. The Balaban J connectivity index is 2.11. The molecule has 3 amide bonds. The standard InChI is InChI=1S/C22H32N4O5/c1-13(2)18(25-19(27)14(3)23)21(29)26-11-7-10-17(26)20(28)24-16(22(30)31)12-15-8-5-4-6-9-15/h4-6,8-9,13-14,16-18H,7,10-12,23H2,1-3H3,(H,24,28)(H,25,27)(H,30,31)/t14-,16-,17-,18-/m0/s1. The van der Waals surface area contributed by atoms with Crippen LogP contribution in [0.15, 0.2) is 30.3 Å². The fraction of sp³-hybridized carbons (Fsp3) is 0.545. The van der Waals surface area contributed by atoms with Gasteiger partial charge in [0.05, 0.1) is 6.04 Å². The number of hydrogen-bond acceptors (Lipinski definition) is 5. The highest BCUT2D eigenvalue weighted by Crippen LogP contribution is 2.21.